The average Bonchev–Trinajstić information content (AvgIpc) is 3.27. The van der Waals surface area contributed by atoms with E-state index in [-0.39, 0.29) is 18.1 Å². The molecule has 1 saturated heterocycles. The van der Waals surface area contributed by atoms with Crippen LogP contribution in [0.2, 0.25) is 0 Å². The van der Waals surface area contributed by atoms with Crippen molar-refractivity contribution < 1.29 is 9.53 Å². The maximum Gasteiger partial charge on any atom is 0.325 e. The third kappa shape index (κ3) is 3.88. The van der Waals surface area contributed by atoms with Gasteiger partial charge in [-0.1, -0.05) is 72.8 Å². The Hall–Kier alpha value is -2.39. The molecule has 0 saturated carbocycles. The lowest BCUT2D eigenvalue weighted by molar-refractivity contribution is -0.143. The van der Waals surface area contributed by atoms with Crippen molar-refractivity contribution in [3.8, 4) is 0 Å². The maximum absolute atomic E-state index is 12.1. The van der Waals surface area contributed by atoms with Gasteiger partial charge >= 0.3 is 5.97 Å². The van der Waals surface area contributed by atoms with Crippen LogP contribution < -0.4 is 0 Å². The zero-order chi connectivity index (χ0) is 16.1. The van der Waals surface area contributed by atoms with Crippen molar-refractivity contribution in [2.75, 3.05) is 6.61 Å². The number of hydrogen-bond donors (Lipinski definition) is 0. The van der Waals surface area contributed by atoms with Gasteiger partial charge in [-0.2, -0.15) is 0 Å². The molecule has 1 aliphatic rings. The Morgan fingerprint density at radius 3 is 2.39 bits per heavy atom. The molecule has 3 atom stereocenters. The number of carbonyl (C=O) groups excluding carboxylic acids is 1. The molecule has 3 heteroatoms. The van der Waals surface area contributed by atoms with Crippen molar-refractivity contribution in [3.05, 3.63) is 77.9 Å². The van der Waals surface area contributed by atoms with Crippen LogP contribution >= 0.6 is 0 Å². The van der Waals surface area contributed by atoms with Gasteiger partial charge in [-0.25, -0.2) is 0 Å². The molecule has 1 heterocycles. The van der Waals surface area contributed by atoms with Crippen LogP contribution in [0.4, 0.5) is 0 Å². The second kappa shape index (κ2) is 7.25. The molecule has 0 aliphatic carbocycles. The Balaban J connectivity index is 1.71. The topological polar surface area (TPSA) is 29.3 Å². The number of rotatable bonds is 6. The van der Waals surface area contributed by atoms with E-state index in [1.807, 2.05) is 43.3 Å². The number of ether oxygens (including phenoxy) is 1. The van der Waals surface area contributed by atoms with E-state index < -0.39 is 0 Å². The van der Waals surface area contributed by atoms with Crippen LogP contribution in [0.25, 0.3) is 6.08 Å². The number of esters is 1. The normalized spacial score (nSPS) is 22.9. The summed E-state index contributed by atoms with van der Waals surface area (Å²) in [5, 5.41) is 0. The van der Waals surface area contributed by atoms with Gasteiger partial charge in [0, 0.05) is 6.54 Å². The predicted molar refractivity (Wildman–Crippen MR) is 91.7 cm³/mol. The summed E-state index contributed by atoms with van der Waals surface area (Å²) in [6.45, 7) is 3.02. The molecule has 2 aromatic rings. The molecule has 1 aliphatic heterocycles. The summed E-state index contributed by atoms with van der Waals surface area (Å²) in [7, 11) is 0. The zero-order valence-corrected chi connectivity index (χ0v) is 13.3. The number of nitrogens with zero attached hydrogens (tertiary/aromatic N) is 1. The van der Waals surface area contributed by atoms with Crippen molar-refractivity contribution >= 4 is 12.0 Å². The Morgan fingerprint density at radius 1 is 1.09 bits per heavy atom. The summed E-state index contributed by atoms with van der Waals surface area (Å²) >= 11 is 0. The number of carbonyl (C=O) groups is 1. The van der Waals surface area contributed by atoms with E-state index in [9.17, 15) is 4.79 Å². The van der Waals surface area contributed by atoms with E-state index in [0.29, 0.717) is 6.61 Å². The summed E-state index contributed by atoms with van der Waals surface area (Å²) in [6.07, 6.45) is 4.17. The van der Waals surface area contributed by atoms with E-state index in [4.69, 9.17) is 4.74 Å². The summed E-state index contributed by atoms with van der Waals surface area (Å²) in [6, 6.07) is 20.3. The lowest BCUT2D eigenvalue weighted by Crippen LogP contribution is -2.16. The molecule has 23 heavy (non-hydrogen) atoms. The van der Waals surface area contributed by atoms with Crippen LogP contribution in [0.5, 0.6) is 0 Å². The lowest BCUT2D eigenvalue weighted by Gasteiger charge is -2.03. The number of benzene rings is 2. The molecular weight excluding hydrogens is 286 g/mol. The van der Waals surface area contributed by atoms with Crippen molar-refractivity contribution in [2.24, 2.45) is 0 Å². The second-order valence-corrected chi connectivity index (χ2v) is 5.62. The summed E-state index contributed by atoms with van der Waals surface area (Å²) in [5.74, 6) is -0.133. The van der Waals surface area contributed by atoms with Crippen molar-refractivity contribution in [2.45, 2.75) is 25.6 Å². The highest BCUT2D eigenvalue weighted by atomic mass is 16.5. The minimum absolute atomic E-state index is 0.106. The van der Waals surface area contributed by atoms with Crippen LogP contribution in [0.3, 0.4) is 0 Å². The molecule has 0 amide bonds. The van der Waals surface area contributed by atoms with Gasteiger partial charge in [0.15, 0.2) is 0 Å². The standard InChI is InChI=1S/C20H21NO2/c1-2-23-20(22)19-18(14-13-16-9-5-3-6-10-16)21(19)15-17-11-7-4-8-12-17/h3-14,18-19H,2,15H2,1H3/b14-13+. The minimum atomic E-state index is -0.171. The first kappa shape index (κ1) is 15.5. The van der Waals surface area contributed by atoms with E-state index in [0.717, 1.165) is 12.1 Å². The SMILES string of the molecule is CCOC(=O)C1C(/C=C/c2ccccc2)N1Cc1ccccc1. The molecule has 2 aromatic carbocycles. The summed E-state index contributed by atoms with van der Waals surface area (Å²) in [5.41, 5.74) is 2.35. The monoisotopic (exact) mass is 307 g/mol. The smallest absolute Gasteiger partial charge is 0.325 e. The molecule has 0 radical (unpaired) electrons. The van der Waals surface area contributed by atoms with Crippen molar-refractivity contribution in [1.29, 1.82) is 0 Å². The molecule has 3 unspecified atom stereocenters. The summed E-state index contributed by atoms with van der Waals surface area (Å²) < 4.78 is 5.20. The van der Waals surface area contributed by atoms with Gasteiger partial charge in [0.1, 0.15) is 6.04 Å². The van der Waals surface area contributed by atoms with E-state index in [1.54, 1.807) is 0 Å². The first-order chi connectivity index (χ1) is 11.3. The fourth-order valence-corrected chi connectivity index (χ4v) is 2.79. The van der Waals surface area contributed by atoms with Gasteiger partial charge in [-0.05, 0) is 18.1 Å². The predicted octanol–water partition coefficient (Wildman–Crippen LogP) is 3.52. The molecule has 3 nitrogen and oxygen atoms in total. The summed E-state index contributed by atoms with van der Waals surface area (Å²) in [4.78, 5) is 14.3. The molecule has 3 rings (SSSR count). The largest absolute Gasteiger partial charge is 0.465 e. The van der Waals surface area contributed by atoms with Crippen LogP contribution in [0.1, 0.15) is 18.1 Å². The molecular formula is C20H21NO2. The zero-order valence-electron chi connectivity index (χ0n) is 13.3. The molecule has 118 valence electrons. The van der Waals surface area contributed by atoms with Crippen molar-refractivity contribution in [1.82, 2.24) is 4.90 Å². The molecule has 0 N–H and O–H groups in total. The Kier molecular flexibility index (Phi) is 4.89. The van der Waals surface area contributed by atoms with Gasteiger partial charge in [0.05, 0.1) is 12.6 Å². The molecule has 0 bridgehead atoms. The Labute approximate surface area is 137 Å². The lowest BCUT2D eigenvalue weighted by atomic mass is 10.2. The number of hydrogen-bond acceptors (Lipinski definition) is 3. The van der Waals surface area contributed by atoms with Crippen LogP contribution in [-0.4, -0.2) is 29.6 Å². The van der Waals surface area contributed by atoms with Gasteiger partial charge in [-0.15, -0.1) is 0 Å². The van der Waals surface area contributed by atoms with Crippen molar-refractivity contribution in [3.63, 3.8) is 0 Å². The quantitative estimate of drug-likeness (QED) is 0.604. The van der Waals surface area contributed by atoms with Gasteiger partial charge in [0.2, 0.25) is 0 Å². The third-order valence-corrected chi connectivity index (χ3v) is 4.00. The molecule has 1 fully saturated rings. The molecule has 0 spiro atoms. The first-order valence-electron chi connectivity index (χ1n) is 7.99. The van der Waals surface area contributed by atoms with E-state index in [1.165, 1.54) is 5.56 Å². The first-order valence-corrected chi connectivity index (χ1v) is 7.99. The van der Waals surface area contributed by atoms with E-state index >= 15 is 0 Å². The highest BCUT2D eigenvalue weighted by Gasteiger charge is 2.51. The highest BCUT2D eigenvalue weighted by molar-refractivity contribution is 5.81. The van der Waals surface area contributed by atoms with E-state index in [2.05, 4.69) is 41.3 Å². The van der Waals surface area contributed by atoms with Gasteiger partial charge < -0.3 is 4.74 Å². The maximum atomic E-state index is 12.1. The fraction of sp³-hybridized carbons (Fsp3) is 0.250. The highest BCUT2D eigenvalue weighted by Crippen LogP contribution is 2.33. The fourth-order valence-electron chi connectivity index (χ4n) is 2.79. The van der Waals surface area contributed by atoms with Crippen LogP contribution in [0.15, 0.2) is 66.7 Å². The minimum Gasteiger partial charge on any atom is -0.465 e. The molecule has 0 aromatic heterocycles. The van der Waals surface area contributed by atoms with Crippen LogP contribution in [0, 0.1) is 0 Å². The third-order valence-electron chi connectivity index (χ3n) is 4.00. The Bertz CT molecular complexity index is 667. The Morgan fingerprint density at radius 2 is 1.74 bits per heavy atom. The van der Waals surface area contributed by atoms with Gasteiger partial charge in [0.25, 0.3) is 0 Å². The van der Waals surface area contributed by atoms with Gasteiger partial charge in [-0.3, -0.25) is 9.69 Å². The van der Waals surface area contributed by atoms with Crippen LogP contribution in [-0.2, 0) is 16.1 Å². The average molecular weight is 307 g/mol. The second-order valence-electron chi connectivity index (χ2n) is 5.62.